The number of nitrogens with zero attached hydrogens (tertiary/aromatic N) is 2. The fraction of sp³-hybridized carbons (Fsp3) is 0.294. The Labute approximate surface area is 139 Å². The quantitative estimate of drug-likeness (QED) is 0.692. The van der Waals surface area contributed by atoms with Gasteiger partial charge in [0.25, 0.3) is 0 Å². The van der Waals surface area contributed by atoms with E-state index in [-0.39, 0.29) is 0 Å². The number of aromatic nitrogens is 3. The molecule has 0 amide bonds. The van der Waals surface area contributed by atoms with Gasteiger partial charge in [-0.3, -0.25) is 5.10 Å². The molecule has 1 atom stereocenters. The maximum Gasteiger partial charge on any atom is 0.216 e. The fourth-order valence-corrected chi connectivity index (χ4v) is 2.35. The highest BCUT2D eigenvalue weighted by atomic mass is 16.5. The Hall–Kier alpha value is -2.80. The van der Waals surface area contributed by atoms with Crippen LogP contribution in [0.4, 0.5) is 0 Å². The summed E-state index contributed by atoms with van der Waals surface area (Å²) in [5, 5.41) is 7.01. The van der Waals surface area contributed by atoms with Crippen LogP contribution >= 0.6 is 0 Å². The summed E-state index contributed by atoms with van der Waals surface area (Å²) in [6, 6.07) is 8.74. The van der Waals surface area contributed by atoms with Crippen molar-refractivity contribution in [3.05, 3.63) is 48.0 Å². The van der Waals surface area contributed by atoms with Crippen molar-refractivity contribution >= 4 is 0 Å². The molecule has 3 N–H and O–H groups in total. The van der Waals surface area contributed by atoms with Crippen LogP contribution in [0.5, 0.6) is 11.5 Å². The highest BCUT2D eigenvalue weighted by Crippen LogP contribution is 2.31. The number of ether oxygens (including phenoxy) is 2. The zero-order valence-corrected chi connectivity index (χ0v) is 13.7. The van der Waals surface area contributed by atoms with E-state index in [9.17, 15) is 0 Å². The Morgan fingerprint density at radius 3 is 2.67 bits per heavy atom. The largest absolute Gasteiger partial charge is 0.490 e. The first-order valence-electron chi connectivity index (χ1n) is 7.84. The Kier molecular flexibility index (Phi) is 4.81. The molecule has 0 radical (unpaired) electrons. The predicted octanol–water partition coefficient (Wildman–Crippen LogP) is 2.91. The van der Waals surface area contributed by atoms with E-state index in [1.165, 1.54) is 0 Å². The topological polar surface area (TPSA) is 99.2 Å². The maximum atomic E-state index is 6.31. The molecule has 0 fully saturated rings. The Morgan fingerprint density at radius 1 is 1.17 bits per heavy atom. The molecule has 0 unspecified atom stereocenters. The van der Waals surface area contributed by atoms with Crippen molar-refractivity contribution in [1.82, 2.24) is 15.2 Å². The van der Waals surface area contributed by atoms with Crippen LogP contribution in [-0.4, -0.2) is 28.4 Å². The summed E-state index contributed by atoms with van der Waals surface area (Å²) in [6.07, 6.45) is 1.58. The number of furan rings is 1. The number of nitrogens with two attached hydrogens (primary N) is 1. The van der Waals surface area contributed by atoms with Crippen LogP contribution < -0.4 is 15.2 Å². The van der Waals surface area contributed by atoms with Crippen molar-refractivity contribution < 1.29 is 13.9 Å². The van der Waals surface area contributed by atoms with Crippen LogP contribution in [-0.2, 0) is 0 Å². The summed E-state index contributed by atoms with van der Waals surface area (Å²) in [5.41, 5.74) is 7.16. The Morgan fingerprint density at radius 2 is 1.96 bits per heavy atom. The van der Waals surface area contributed by atoms with E-state index >= 15 is 0 Å². The highest BCUT2D eigenvalue weighted by Gasteiger charge is 2.18. The smallest absolute Gasteiger partial charge is 0.216 e. The molecule has 3 aromatic rings. The van der Waals surface area contributed by atoms with Gasteiger partial charge in [-0.2, -0.15) is 0 Å². The second-order valence-corrected chi connectivity index (χ2v) is 5.07. The molecule has 1 aromatic carbocycles. The van der Waals surface area contributed by atoms with E-state index in [1.807, 2.05) is 32.0 Å². The second kappa shape index (κ2) is 7.18. The van der Waals surface area contributed by atoms with Gasteiger partial charge in [0.1, 0.15) is 5.82 Å². The molecule has 0 saturated carbocycles. The summed E-state index contributed by atoms with van der Waals surface area (Å²) >= 11 is 0. The molecule has 0 spiro atoms. The molecule has 0 saturated heterocycles. The number of benzene rings is 1. The normalized spacial score (nSPS) is 12.1. The van der Waals surface area contributed by atoms with Crippen LogP contribution in [0.15, 0.2) is 41.0 Å². The average Bonchev–Trinajstić information content (AvgIpc) is 3.27. The number of nitrogens with one attached hydrogen (secondary N) is 1. The van der Waals surface area contributed by atoms with Gasteiger partial charge in [-0.05, 0) is 43.7 Å². The van der Waals surface area contributed by atoms with Crippen LogP contribution in [0.25, 0.3) is 11.6 Å². The summed E-state index contributed by atoms with van der Waals surface area (Å²) < 4.78 is 16.5. The number of rotatable bonds is 7. The van der Waals surface area contributed by atoms with E-state index in [2.05, 4.69) is 15.2 Å². The van der Waals surface area contributed by atoms with Gasteiger partial charge in [0, 0.05) is 0 Å². The maximum absolute atomic E-state index is 6.31. The van der Waals surface area contributed by atoms with Gasteiger partial charge in [0.05, 0.1) is 25.5 Å². The third-order valence-corrected chi connectivity index (χ3v) is 3.47. The predicted molar refractivity (Wildman–Crippen MR) is 88.9 cm³/mol. The molecule has 24 heavy (non-hydrogen) atoms. The summed E-state index contributed by atoms with van der Waals surface area (Å²) in [7, 11) is 0. The molecule has 0 aliphatic heterocycles. The van der Waals surface area contributed by atoms with E-state index in [4.69, 9.17) is 19.6 Å². The standard InChI is InChI=1S/C17H20N4O3/c1-3-22-12-8-7-11(10-14(12)23-4-2)15(18)17-19-16(20-21-17)13-6-5-9-24-13/h5-10,15H,3-4,18H2,1-2H3,(H,19,20,21)/t15-/m0/s1. The lowest BCUT2D eigenvalue weighted by molar-refractivity contribution is 0.287. The number of hydrogen-bond acceptors (Lipinski definition) is 6. The lowest BCUT2D eigenvalue weighted by Crippen LogP contribution is -2.14. The van der Waals surface area contributed by atoms with Crippen LogP contribution in [0, 0.1) is 0 Å². The van der Waals surface area contributed by atoms with E-state index in [0.29, 0.717) is 42.1 Å². The molecule has 0 aliphatic carbocycles. The number of aromatic amines is 1. The zero-order chi connectivity index (χ0) is 16.9. The summed E-state index contributed by atoms with van der Waals surface area (Å²) in [6.45, 7) is 4.97. The van der Waals surface area contributed by atoms with Gasteiger partial charge in [-0.1, -0.05) is 6.07 Å². The molecule has 7 heteroatoms. The van der Waals surface area contributed by atoms with Gasteiger partial charge < -0.3 is 19.6 Å². The third-order valence-electron chi connectivity index (χ3n) is 3.47. The van der Waals surface area contributed by atoms with Gasteiger partial charge in [-0.15, -0.1) is 5.10 Å². The Balaban J connectivity index is 1.86. The third kappa shape index (κ3) is 3.26. The second-order valence-electron chi connectivity index (χ2n) is 5.07. The molecule has 126 valence electrons. The first-order chi connectivity index (χ1) is 11.7. The van der Waals surface area contributed by atoms with E-state index < -0.39 is 6.04 Å². The van der Waals surface area contributed by atoms with Crippen LogP contribution in [0.2, 0.25) is 0 Å². The van der Waals surface area contributed by atoms with Gasteiger partial charge >= 0.3 is 0 Å². The average molecular weight is 328 g/mol. The van der Waals surface area contributed by atoms with Crippen molar-refractivity contribution in [2.75, 3.05) is 13.2 Å². The first-order valence-corrected chi connectivity index (χ1v) is 7.84. The van der Waals surface area contributed by atoms with Crippen molar-refractivity contribution in [2.45, 2.75) is 19.9 Å². The van der Waals surface area contributed by atoms with Crippen molar-refractivity contribution in [3.63, 3.8) is 0 Å². The molecule has 0 bridgehead atoms. The fourth-order valence-electron chi connectivity index (χ4n) is 2.35. The molecule has 0 aliphatic rings. The molecule has 7 nitrogen and oxygen atoms in total. The minimum atomic E-state index is -0.462. The number of H-pyrrole nitrogens is 1. The van der Waals surface area contributed by atoms with Gasteiger partial charge in [0.2, 0.25) is 5.82 Å². The summed E-state index contributed by atoms with van der Waals surface area (Å²) in [4.78, 5) is 4.41. The minimum absolute atomic E-state index is 0.462. The molecular formula is C17H20N4O3. The molecular weight excluding hydrogens is 308 g/mol. The van der Waals surface area contributed by atoms with Crippen LogP contribution in [0.1, 0.15) is 31.3 Å². The first kappa shape index (κ1) is 16.1. The minimum Gasteiger partial charge on any atom is -0.490 e. The molecule has 3 rings (SSSR count). The highest BCUT2D eigenvalue weighted by molar-refractivity contribution is 5.47. The Bertz CT molecular complexity index is 783. The monoisotopic (exact) mass is 328 g/mol. The van der Waals surface area contributed by atoms with Gasteiger partial charge in [0.15, 0.2) is 17.3 Å². The SMILES string of the molecule is CCOc1ccc([C@H](N)c2nc(-c3ccco3)n[nH]2)cc1OCC. The molecule has 2 aromatic heterocycles. The zero-order valence-electron chi connectivity index (χ0n) is 13.7. The van der Waals surface area contributed by atoms with Gasteiger partial charge in [-0.25, -0.2) is 4.98 Å². The van der Waals surface area contributed by atoms with Crippen molar-refractivity contribution in [3.8, 4) is 23.1 Å². The van der Waals surface area contributed by atoms with Crippen molar-refractivity contribution in [1.29, 1.82) is 0 Å². The van der Waals surface area contributed by atoms with Crippen molar-refractivity contribution in [2.24, 2.45) is 5.73 Å². The summed E-state index contributed by atoms with van der Waals surface area (Å²) in [5.74, 6) is 2.98. The number of hydrogen-bond donors (Lipinski definition) is 2. The molecule has 2 heterocycles. The van der Waals surface area contributed by atoms with E-state index in [1.54, 1.807) is 18.4 Å². The lowest BCUT2D eigenvalue weighted by atomic mass is 10.1. The van der Waals surface area contributed by atoms with Crippen LogP contribution in [0.3, 0.4) is 0 Å². The lowest BCUT2D eigenvalue weighted by Gasteiger charge is -2.14. The van der Waals surface area contributed by atoms with E-state index in [0.717, 1.165) is 5.56 Å².